The number of anilines is 1. The Hall–Kier alpha value is -2.36. The van der Waals surface area contributed by atoms with Crippen LogP contribution in [0.15, 0.2) is 48.7 Å². The van der Waals surface area contributed by atoms with Gasteiger partial charge in [0.05, 0.1) is 6.04 Å². The first-order chi connectivity index (χ1) is 11.6. The molecule has 1 aliphatic rings. The van der Waals surface area contributed by atoms with Crippen molar-refractivity contribution in [3.8, 4) is 0 Å². The van der Waals surface area contributed by atoms with Gasteiger partial charge in [0.1, 0.15) is 5.82 Å². The summed E-state index contributed by atoms with van der Waals surface area (Å²) in [6, 6.07) is 14.0. The van der Waals surface area contributed by atoms with Crippen LogP contribution in [-0.4, -0.2) is 25.0 Å². The molecule has 1 heterocycles. The summed E-state index contributed by atoms with van der Waals surface area (Å²) in [5.74, 6) is 1.28. The zero-order valence-electron chi connectivity index (χ0n) is 14.4. The summed E-state index contributed by atoms with van der Waals surface area (Å²) in [6.07, 6.45) is 6.56. The van der Waals surface area contributed by atoms with Gasteiger partial charge < -0.3 is 10.2 Å². The van der Waals surface area contributed by atoms with Gasteiger partial charge in [-0.05, 0) is 36.5 Å². The molecule has 1 atom stereocenters. The first-order valence-corrected chi connectivity index (χ1v) is 8.64. The lowest BCUT2D eigenvalue weighted by molar-refractivity contribution is 0.0921. The van der Waals surface area contributed by atoms with E-state index in [-0.39, 0.29) is 11.9 Å². The lowest BCUT2D eigenvalue weighted by Gasteiger charge is -2.25. The summed E-state index contributed by atoms with van der Waals surface area (Å²) < 4.78 is 0. The zero-order chi connectivity index (χ0) is 16.9. The van der Waals surface area contributed by atoms with Crippen molar-refractivity contribution in [1.29, 1.82) is 0 Å². The lowest BCUT2D eigenvalue weighted by atomic mass is 9.91. The van der Waals surface area contributed by atoms with E-state index in [2.05, 4.69) is 22.4 Å². The molecule has 1 aliphatic carbocycles. The van der Waals surface area contributed by atoms with Crippen molar-refractivity contribution in [3.63, 3.8) is 0 Å². The van der Waals surface area contributed by atoms with E-state index >= 15 is 0 Å². The van der Waals surface area contributed by atoms with Gasteiger partial charge in [0, 0.05) is 25.9 Å². The largest absolute Gasteiger partial charge is 0.363 e. The predicted molar refractivity (Wildman–Crippen MR) is 97.2 cm³/mol. The second kappa shape index (κ2) is 7.47. The third kappa shape index (κ3) is 3.75. The van der Waals surface area contributed by atoms with Gasteiger partial charge in [-0.15, -0.1) is 0 Å². The molecule has 4 heteroatoms. The zero-order valence-corrected chi connectivity index (χ0v) is 14.4. The van der Waals surface area contributed by atoms with Crippen LogP contribution in [0, 0.1) is 5.92 Å². The highest BCUT2D eigenvalue weighted by Crippen LogP contribution is 2.35. The highest BCUT2D eigenvalue weighted by molar-refractivity contribution is 5.95. The fourth-order valence-electron chi connectivity index (χ4n) is 3.45. The van der Waals surface area contributed by atoms with E-state index in [9.17, 15) is 4.79 Å². The summed E-state index contributed by atoms with van der Waals surface area (Å²) in [5.41, 5.74) is 1.85. The maximum Gasteiger partial charge on any atom is 0.251 e. The second-order valence-electron chi connectivity index (χ2n) is 6.70. The number of hydrogen-bond donors (Lipinski definition) is 1. The van der Waals surface area contributed by atoms with E-state index in [4.69, 9.17) is 0 Å². The van der Waals surface area contributed by atoms with Gasteiger partial charge in [-0.1, -0.05) is 43.2 Å². The molecule has 0 unspecified atom stereocenters. The highest BCUT2D eigenvalue weighted by Gasteiger charge is 2.28. The van der Waals surface area contributed by atoms with Crippen molar-refractivity contribution >= 4 is 11.7 Å². The van der Waals surface area contributed by atoms with Crippen molar-refractivity contribution in [1.82, 2.24) is 10.3 Å². The smallest absolute Gasteiger partial charge is 0.251 e. The van der Waals surface area contributed by atoms with Crippen molar-refractivity contribution in [2.45, 2.75) is 31.7 Å². The number of pyridine rings is 1. The van der Waals surface area contributed by atoms with Crippen LogP contribution in [-0.2, 0) is 0 Å². The average Bonchev–Trinajstić information content (AvgIpc) is 3.14. The monoisotopic (exact) mass is 323 g/mol. The van der Waals surface area contributed by atoms with Crippen molar-refractivity contribution < 1.29 is 4.79 Å². The first kappa shape index (κ1) is 16.5. The molecule has 3 rings (SSSR count). The SMILES string of the molecule is CN(C)c1cc(C(=O)N[C@H](c2ccccc2)C2CCCC2)ccn1. The van der Waals surface area contributed by atoms with Gasteiger partial charge in [-0.3, -0.25) is 4.79 Å². The van der Waals surface area contributed by atoms with Gasteiger partial charge >= 0.3 is 0 Å². The van der Waals surface area contributed by atoms with Crippen LogP contribution in [0.2, 0.25) is 0 Å². The van der Waals surface area contributed by atoms with E-state index in [1.807, 2.05) is 43.3 Å². The van der Waals surface area contributed by atoms with Gasteiger partial charge in [-0.2, -0.15) is 0 Å². The Morgan fingerprint density at radius 1 is 1.17 bits per heavy atom. The summed E-state index contributed by atoms with van der Waals surface area (Å²) in [4.78, 5) is 19.0. The third-order valence-corrected chi connectivity index (χ3v) is 4.78. The van der Waals surface area contributed by atoms with Crippen LogP contribution in [0.25, 0.3) is 0 Å². The Bertz CT molecular complexity index is 678. The van der Waals surface area contributed by atoms with Crippen molar-refractivity contribution in [3.05, 3.63) is 59.8 Å². The molecule has 1 amide bonds. The Balaban J connectivity index is 1.82. The minimum absolute atomic E-state index is 0.0266. The molecule has 1 N–H and O–H groups in total. The van der Waals surface area contributed by atoms with E-state index in [1.165, 1.54) is 31.2 Å². The Labute approximate surface area is 143 Å². The molecule has 0 saturated heterocycles. The van der Waals surface area contributed by atoms with Gasteiger partial charge in [-0.25, -0.2) is 4.98 Å². The molecule has 1 aromatic carbocycles. The summed E-state index contributed by atoms with van der Waals surface area (Å²) >= 11 is 0. The number of aromatic nitrogens is 1. The minimum Gasteiger partial charge on any atom is -0.363 e. The number of amides is 1. The molecule has 1 fully saturated rings. The molecular formula is C20H25N3O. The molecule has 1 saturated carbocycles. The Morgan fingerprint density at radius 2 is 1.88 bits per heavy atom. The summed E-state index contributed by atoms with van der Waals surface area (Å²) in [5, 5.41) is 3.27. The number of carbonyl (C=O) groups is 1. The molecule has 0 aliphatic heterocycles. The number of benzene rings is 1. The molecule has 126 valence electrons. The minimum atomic E-state index is -0.0266. The predicted octanol–water partition coefficient (Wildman–Crippen LogP) is 3.81. The van der Waals surface area contributed by atoms with Crippen LogP contribution < -0.4 is 10.2 Å². The molecule has 0 spiro atoms. The normalized spacial score (nSPS) is 15.9. The lowest BCUT2D eigenvalue weighted by Crippen LogP contribution is -2.32. The topological polar surface area (TPSA) is 45.2 Å². The molecule has 1 aromatic heterocycles. The fourth-order valence-corrected chi connectivity index (χ4v) is 3.45. The molecular weight excluding hydrogens is 298 g/mol. The van der Waals surface area contributed by atoms with Crippen LogP contribution in [0.3, 0.4) is 0 Å². The van der Waals surface area contributed by atoms with Crippen molar-refractivity contribution in [2.24, 2.45) is 5.92 Å². The third-order valence-electron chi connectivity index (χ3n) is 4.78. The quantitative estimate of drug-likeness (QED) is 0.910. The fraction of sp³-hybridized carbons (Fsp3) is 0.400. The van der Waals surface area contributed by atoms with Crippen LogP contribution >= 0.6 is 0 Å². The number of nitrogens with one attached hydrogen (secondary N) is 1. The molecule has 24 heavy (non-hydrogen) atoms. The second-order valence-corrected chi connectivity index (χ2v) is 6.70. The number of hydrogen-bond acceptors (Lipinski definition) is 3. The van der Waals surface area contributed by atoms with E-state index in [1.54, 1.807) is 12.3 Å². The van der Waals surface area contributed by atoms with E-state index < -0.39 is 0 Å². The molecule has 4 nitrogen and oxygen atoms in total. The number of carbonyl (C=O) groups excluding carboxylic acids is 1. The molecule has 0 radical (unpaired) electrons. The van der Waals surface area contributed by atoms with E-state index in [0.717, 1.165) is 5.82 Å². The maximum atomic E-state index is 12.8. The summed E-state index contributed by atoms with van der Waals surface area (Å²) in [7, 11) is 3.85. The average molecular weight is 323 g/mol. The van der Waals surface area contributed by atoms with Crippen LogP contribution in [0.1, 0.15) is 47.6 Å². The van der Waals surface area contributed by atoms with Crippen LogP contribution in [0.4, 0.5) is 5.82 Å². The maximum absolute atomic E-state index is 12.8. The van der Waals surface area contributed by atoms with Gasteiger partial charge in [0.2, 0.25) is 0 Å². The van der Waals surface area contributed by atoms with Gasteiger partial charge in [0.15, 0.2) is 0 Å². The van der Waals surface area contributed by atoms with Crippen molar-refractivity contribution in [2.75, 3.05) is 19.0 Å². The highest BCUT2D eigenvalue weighted by atomic mass is 16.1. The summed E-state index contributed by atoms with van der Waals surface area (Å²) in [6.45, 7) is 0. The Kier molecular flexibility index (Phi) is 5.14. The number of rotatable bonds is 5. The van der Waals surface area contributed by atoms with Crippen LogP contribution in [0.5, 0.6) is 0 Å². The van der Waals surface area contributed by atoms with Gasteiger partial charge in [0.25, 0.3) is 5.91 Å². The first-order valence-electron chi connectivity index (χ1n) is 8.64. The standard InChI is InChI=1S/C20H25N3O/c1-23(2)18-14-17(12-13-21-18)20(24)22-19(16-10-6-7-11-16)15-8-4-3-5-9-15/h3-5,8-9,12-14,16,19H,6-7,10-11H2,1-2H3,(H,22,24)/t19-/m1/s1. The molecule has 2 aromatic rings. The van der Waals surface area contributed by atoms with E-state index in [0.29, 0.717) is 11.5 Å². The Morgan fingerprint density at radius 3 is 2.54 bits per heavy atom. The number of nitrogens with zero attached hydrogens (tertiary/aromatic N) is 2. The molecule has 0 bridgehead atoms.